The number of carbonyl (C=O) groups excluding carboxylic acids is 3. The molecule has 0 N–H and O–H groups in total. The van der Waals surface area contributed by atoms with Gasteiger partial charge in [0.2, 0.25) is 18.0 Å². The molecule has 1 aliphatic heterocycles. The zero-order valence-corrected chi connectivity index (χ0v) is 19.5. The molecule has 3 aromatic rings. The molecule has 1 saturated carbocycles. The number of hydrazone groups is 1. The third-order valence-electron chi connectivity index (χ3n) is 5.69. The minimum Gasteiger partial charge on any atom is -0.445 e. The Balaban J connectivity index is 1.57. The number of fused-ring (bicyclic) bond motifs is 1. The summed E-state index contributed by atoms with van der Waals surface area (Å²) in [5.41, 5.74) is 2.90. The Morgan fingerprint density at radius 3 is 2.40 bits per heavy atom. The predicted octanol–water partition coefficient (Wildman–Crippen LogP) is 4.20. The van der Waals surface area contributed by atoms with E-state index in [1.807, 2.05) is 30.3 Å². The summed E-state index contributed by atoms with van der Waals surface area (Å²) >= 11 is 0. The molecule has 35 heavy (non-hydrogen) atoms. The largest absolute Gasteiger partial charge is 0.445 e. The van der Waals surface area contributed by atoms with Crippen LogP contribution in [0.25, 0.3) is 10.9 Å². The van der Waals surface area contributed by atoms with E-state index in [1.54, 1.807) is 6.07 Å². The first-order valence-electron chi connectivity index (χ1n) is 11.3. The summed E-state index contributed by atoms with van der Waals surface area (Å²) in [6, 6.07) is 14.2. The summed E-state index contributed by atoms with van der Waals surface area (Å²) < 4.78 is 16.7. The number of hydrogen-bond acceptors (Lipinski definition) is 8. The second kappa shape index (κ2) is 8.83. The monoisotopic (exact) mass is 473 g/mol. The Hall–Kier alpha value is -4.27. The Labute approximate surface area is 201 Å². The average molecular weight is 473 g/mol. The van der Waals surface area contributed by atoms with Gasteiger partial charge in [-0.25, -0.2) is 0 Å². The minimum absolute atomic E-state index is 0.0993. The van der Waals surface area contributed by atoms with E-state index in [-0.39, 0.29) is 23.3 Å². The van der Waals surface area contributed by atoms with Gasteiger partial charge in [0, 0.05) is 49.4 Å². The number of carbonyl (C=O) groups is 3. The fraction of sp³-hybridized carbons (Fsp3) is 0.269. The van der Waals surface area contributed by atoms with Crippen molar-refractivity contribution in [3.8, 4) is 11.5 Å². The lowest BCUT2D eigenvalue weighted by molar-refractivity contribution is -0.135. The number of para-hydroxylation sites is 1. The molecule has 0 unspecified atom stereocenters. The molecule has 9 nitrogen and oxygen atoms in total. The van der Waals surface area contributed by atoms with E-state index in [9.17, 15) is 14.4 Å². The topological polar surface area (TPSA) is 107 Å². The van der Waals surface area contributed by atoms with E-state index in [1.165, 1.54) is 37.9 Å². The Kier molecular flexibility index (Phi) is 5.68. The predicted molar refractivity (Wildman–Crippen MR) is 126 cm³/mol. The van der Waals surface area contributed by atoms with Gasteiger partial charge in [-0.15, -0.1) is 5.10 Å². The van der Waals surface area contributed by atoms with Crippen molar-refractivity contribution < 1.29 is 28.6 Å². The molecule has 1 aliphatic carbocycles. The van der Waals surface area contributed by atoms with Crippen molar-refractivity contribution in [2.24, 2.45) is 5.10 Å². The second-order valence-electron chi connectivity index (χ2n) is 8.51. The molecule has 2 heterocycles. The van der Waals surface area contributed by atoms with Gasteiger partial charge in [-0.05, 0) is 37.1 Å². The minimum atomic E-state index is -0.987. The molecule has 1 atom stereocenters. The summed E-state index contributed by atoms with van der Waals surface area (Å²) in [4.78, 5) is 40.5. The van der Waals surface area contributed by atoms with Gasteiger partial charge >= 0.3 is 11.9 Å². The van der Waals surface area contributed by atoms with Crippen LogP contribution in [0.1, 0.15) is 62.6 Å². The van der Waals surface area contributed by atoms with Gasteiger partial charge in [-0.2, -0.15) is 5.01 Å². The van der Waals surface area contributed by atoms with E-state index < -0.39 is 18.2 Å². The maximum absolute atomic E-state index is 12.6. The van der Waals surface area contributed by atoms with Crippen LogP contribution in [-0.4, -0.2) is 33.7 Å². The maximum Gasteiger partial charge on any atom is 0.308 e. The van der Waals surface area contributed by atoms with Crippen molar-refractivity contribution in [2.45, 2.75) is 45.8 Å². The summed E-state index contributed by atoms with van der Waals surface area (Å²) in [6.45, 7) is 3.90. The highest BCUT2D eigenvalue weighted by Gasteiger charge is 2.37. The summed E-state index contributed by atoms with van der Waals surface area (Å²) in [5, 5.41) is 6.56. The van der Waals surface area contributed by atoms with Crippen LogP contribution >= 0.6 is 0 Å². The number of amides is 1. The molecular formula is C26H23N3O6. The molecule has 2 aliphatic rings. The summed E-state index contributed by atoms with van der Waals surface area (Å²) in [6.07, 6.45) is 1.18. The van der Waals surface area contributed by atoms with E-state index in [2.05, 4.69) is 5.10 Å². The number of esters is 2. The molecule has 0 saturated heterocycles. The molecule has 1 aromatic heterocycles. The van der Waals surface area contributed by atoms with Crippen LogP contribution in [0.2, 0.25) is 0 Å². The standard InChI is InChI=1S/C26H23N3O6/c1-14(30)29-26(20-11-10-18(33-15(2)31)12-24(20)34-16(3)32)35-25(28-29)21-13-23(17-8-9-17)27-22-7-5-4-6-19(21)22/h4-7,10-13,17,26H,8-9H2,1-3H3/t26-/m0/s1. The lowest BCUT2D eigenvalue weighted by Crippen LogP contribution is -2.26. The van der Waals surface area contributed by atoms with Crippen molar-refractivity contribution in [1.29, 1.82) is 0 Å². The normalized spacial score (nSPS) is 17.1. The van der Waals surface area contributed by atoms with Crippen LogP contribution in [0.3, 0.4) is 0 Å². The molecule has 1 amide bonds. The van der Waals surface area contributed by atoms with Crippen LogP contribution in [-0.2, 0) is 19.1 Å². The van der Waals surface area contributed by atoms with Gasteiger partial charge in [-0.1, -0.05) is 18.2 Å². The van der Waals surface area contributed by atoms with Crippen LogP contribution in [0, 0.1) is 0 Å². The Bertz CT molecular complexity index is 1400. The summed E-state index contributed by atoms with van der Waals surface area (Å²) in [5.74, 6) is -0.483. The smallest absolute Gasteiger partial charge is 0.308 e. The average Bonchev–Trinajstić information content (AvgIpc) is 3.56. The molecular weight excluding hydrogens is 450 g/mol. The fourth-order valence-electron chi connectivity index (χ4n) is 4.03. The van der Waals surface area contributed by atoms with Gasteiger partial charge in [0.05, 0.1) is 11.1 Å². The molecule has 2 aromatic carbocycles. The van der Waals surface area contributed by atoms with E-state index >= 15 is 0 Å². The zero-order chi connectivity index (χ0) is 24.7. The highest BCUT2D eigenvalue weighted by molar-refractivity contribution is 6.07. The Morgan fingerprint density at radius 2 is 1.71 bits per heavy atom. The zero-order valence-electron chi connectivity index (χ0n) is 19.5. The van der Waals surface area contributed by atoms with Gasteiger partial charge < -0.3 is 14.2 Å². The molecule has 5 rings (SSSR count). The highest BCUT2D eigenvalue weighted by Crippen LogP contribution is 2.42. The molecule has 0 bridgehead atoms. The van der Waals surface area contributed by atoms with Crippen LogP contribution < -0.4 is 9.47 Å². The molecule has 1 fully saturated rings. The van der Waals surface area contributed by atoms with Crippen LogP contribution in [0.5, 0.6) is 11.5 Å². The van der Waals surface area contributed by atoms with Gasteiger partial charge in [0.15, 0.2) is 0 Å². The molecule has 9 heteroatoms. The van der Waals surface area contributed by atoms with E-state index in [0.717, 1.165) is 35.0 Å². The fourth-order valence-corrected chi connectivity index (χ4v) is 4.03. The SMILES string of the molecule is CC(=O)Oc1ccc([C@@H]2OC(c3cc(C4CC4)nc4ccccc34)=NN2C(C)=O)c(OC(C)=O)c1. The first-order valence-corrected chi connectivity index (χ1v) is 11.3. The number of aromatic nitrogens is 1. The summed E-state index contributed by atoms with van der Waals surface area (Å²) in [7, 11) is 0. The van der Waals surface area contributed by atoms with Gasteiger partial charge in [-0.3, -0.25) is 19.4 Å². The molecule has 178 valence electrons. The third kappa shape index (κ3) is 4.57. The number of rotatable bonds is 5. The third-order valence-corrected chi connectivity index (χ3v) is 5.69. The highest BCUT2D eigenvalue weighted by atomic mass is 16.6. The lowest BCUT2D eigenvalue weighted by Gasteiger charge is -2.21. The molecule has 0 radical (unpaired) electrons. The number of nitrogens with zero attached hydrogens (tertiary/aromatic N) is 3. The lowest BCUT2D eigenvalue weighted by atomic mass is 10.1. The van der Waals surface area contributed by atoms with Gasteiger partial charge in [0.25, 0.3) is 0 Å². The van der Waals surface area contributed by atoms with Crippen molar-refractivity contribution >= 4 is 34.6 Å². The van der Waals surface area contributed by atoms with Crippen molar-refractivity contribution in [2.75, 3.05) is 0 Å². The Morgan fingerprint density at radius 1 is 0.971 bits per heavy atom. The van der Waals surface area contributed by atoms with Crippen LogP contribution in [0.4, 0.5) is 0 Å². The first-order chi connectivity index (χ1) is 16.8. The van der Waals surface area contributed by atoms with Crippen LogP contribution in [0.15, 0.2) is 53.6 Å². The maximum atomic E-state index is 12.6. The second-order valence-corrected chi connectivity index (χ2v) is 8.51. The van der Waals surface area contributed by atoms with Crippen molar-refractivity contribution in [1.82, 2.24) is 9.99 Å². The number of hydrogen-bond donors (Lipinski definition) is 0. The molecule has 0 spiro atoms. The van der Waals surface area contributed by atoms with Crippen molar-refractivity contribution in [3.63, 3.8) is 0 Å². The van der Waals surface area contributed by atoms with Gasteiger partial charge in [0.1, 0.15) is 11.5 Å². The van der Waals surface area contributed by atoms with Crippen molar-refractivity contribution in [3.05, 3.63) is 65.4 Å². The number of pyridine rings is 1. The first kappa shape index (κ1) is 22.5. The van der Waals surface area contributed by atoms with E-state index in [0.29, 0.717) is 11.5 Å². The number of benzene rings is 2. The quantitative estimate of drug-likeness (QED) is 0.404. The van der Waals surface area contributed by atoms with E-state index in [4.69, 9.17) is 19.2 Å². The number of ether oxygens (including phenoxy) is 3.